The van der Waals surface area contributed by atoms with Crippen molar-refractivity contribution in [2.75, 3.05) is 13.2 Å². The number of benzene rings is 1. The van der Waals surface area contributed by atoms with E-state index in [-0.39, 0.29) is 24.5 Å². The second-order valence-electron chi connectivity index (χ2n) is 6.29. The van der Waals surface area contributed by atoms with Gasteiger partial charge < -0.3 is 10.4 Å². The highest BCUT2D eigenvalue weighted by Gasteiger charge is 2.15. The van der Waals surface area contributed by atoms with Crippen LogP contribution in [0.5, 0.6) is 0 Å². The van der Waals surface area contributed by atoms with Crippen molar-refractivity contribution in [2.45, 2.75) is 33.2 Å². The van der Waals surface area contributed by atoms with Crippen LogP contribution in [0.1, 0.15) is 26.7 Å². The summed E-state index contributed by atoms with van der Waals surface area (Å²) in [6.45, 7) is 4.76. The lowest BCUT2D eigenvalue weighted by atomic mass is 9.89. The highest BCUT2D eigenvalue weighted by atomic mass is 16.3. The molecule has 23 heavy (non-hydrogen) atoms. The van der Waals surface area contributed by atoms with Crippen LogP contribution in [0, 0.1) is 5.41 Å². The van der Waals surface area contributed by atoms with Crippen molar-refractivity contribution in [1.29, 1.82) is 0 Å². The summed E-state index contributed by atoms with van der Waals surface area (Å²) >= 11 is 0. The van der Waals surface area contributed by atoms with Crippen molar-refractivity contribution in [3.8, 4) is 11.4 Å². The summed E-state index contributed by atoms with van der Waals surface area (Å²) in [7, 11) is 0. The normalized spacial score (nSPS) is 11.4. The van der Waals surface area contributed by atoms with E-state index < -0.39 is 0 Å². The van der Waals surface area contributed by atoms with Crippen LogP contribution in [-0.2, 0) is 11.3 Å². The molecule has 0 radical (unpaired) electrons. The number of carbonyl (C=O) groups is 1. The molecule has 0 atom stereocenters. The first-order chi connectivity index (χ1) is 11.0. The molecule has 1 aromatic carbocycles. The van der Waals surface area contributed by atoms with Gasteiger partial charge in [-0.25, -0.2) is 0 Å². The maximum Gasteiger partial charge on any atom is 0.243 e. The molecule has 1 aromatic heterocycles. The summed E-state index contributed by atoms with van der Waals surface area (Å²) in [6, 6.07) is 9.50. The zero-order chi connectivity index (χ0) is 16.7. The van der Waals surface area contributed by atoms with Gasteiger partial charge in [-0.1, -0.05) is 44.2 Å². The van der Waals surface area contributed by atoms with Crippen LogP contribution < -0.4 is 5.32 Å². The van der Waals surface area contributed by atoms with Gasteiger partial charge in [0.25, 0.3) is 0 Å². The molecule has 0 aliphatic heterocycles. The molecule has 124 valence electrons. The van der Waals surface area contributed by atoms with Crippen LogP contribution >= 0.6 is 0 Å². The van der Waals surface area contributed by atoms with E-state index in [0.29, 0.717) is 12.4 Å². The number of amides is 1. The van der Waals surface area contributed by atoms with Crippen molar-refractivity contribution in [1.82, 2.24) is 25.5 Å². The van der Waals surface area contributed by atoms with Crippen molar-refractivity contribution in [3.63, 3.8) is 0 Å². The summed E-state index contributed by atoms with van der Waals surface area (Å²) in [5.41, 5.74) is 0.758. The molecule has 2 rings (SSSR count). The zero-order valence-electron chi connectivity index (χ0n) is 13.6. The quantitative estimate of drug-likeness (QED) is 0.715. The Kier molecular flexibility index (Phi) is 5.81. The second kappa shape index (κ2) is 7.82. The average molecular weight is 317 g/mol. The van der Waals surface area contributed by atoms with Gasteiger partial charge in [-0.2, -0.15) is 4.80 Å². The summed E-state index contributed by atoms with van der Waals surface area (Å²) < 4.78 is 0. The molecule has 0 unspecified atom stereocenters. The first-order valence-electron chi connectivity index (χ1n) is 7.71. The Labute approximate surface area is 135 Å². The number of hydrogen-bond donors (Lipinski definition) is 2. The van der Waals surface area contributed by atoms with Crippen molar-refractivity contribution in [2.24, 2.45) is 5.41 Å². The molecule has 0 saturated carbocycles. The monoisotopic (exact) mass is 317 g/mol. The first-order valence-corrected chi connectivity index (χ1v) is 7.71. The average Bonchev–Trinajstić information content (AvgIpc) is 3.01. The number of hydrogen-bond acceptors (Lipinski definition) is 5. The molecule has 0 aliphatic rings. The van der Waals surface area contributed by atoms with E-state index in [2.05, 4.69) is 20.7 Å². The number of aliphatic hydroxyl groups is 1. The highest BCUT2D eigenvalue weighted by Crippen LogP contribution is 2.20. The molecular formula is C16H23N5O2. The van der Waals surface area contributed by atoms with E-state index in [1.165, 1.54) is 4.80 Å². The number of nitrogens with zero attached hydrogens (tertiary/aromatic N) is 4. The van der Waals surface area contributed by atoms with Crippen LogP contribution in [0.15, 0.2) is 30.3 Å². The third kappa shape index (κ3) is 5.45. The lowest BCUT2D eigenvalue weighted by Crippen LogP contribution is -2.30. The van der Waals surface area contributed by atoms with Crippen molar-refractivity contribution < 1.29 is 9.90 Å². The van der Waals surface area contributed by atoms with E-state index in [1.807, 2.05) is 44.2 Å². The fraction of sp³-hybridized carbons (Fsp3) is 0.500. The standard InChI is InChI=1S/C16H23N5O2/c1-16(2,12-22)9-6-10-17-14(23)11-21-19-15(18-20-21)13-7-4-3-5-8-13/h3-5,7-8,22H,6,9-12H2,1-2H3,(H,17,23). The number of rotatable bonds is 8. The van der Waals surface area contributed by atoms with E-state index in [0.717, 1.165) is 18.4 Å². The molecule has 0 bridgehead atoms. The van der Waals surface area contributed by atoms with E-state index >= 15 is 0 Å². The van der Waals surface area contributed by atoms with Gasteiger partial charge in [0.2, 0.25) is 11.7 Å². The number of tetrazole rings is 1. The van der Waals surface area contributed by atoms with Crippen molar-refractivity contribution >= 4 is 5.91 Å². The lowest BCUT2D eigenvalue weighted by Gasteiger charge is -2.21. The van der Waals surface area contributed by atoms with Crippen molar-refractivity contribution in [3.05, 3.63) is 30.3 Å². The zero-order valence-corrected chi connectivity index (χ0v) is 13.6. The molecule has 1 amide bonds. The van der Waals surface area contributed by atoms with Crippen LogP contribution in [0.2, 0.25) is 0 Å². The smallest absolute Gasteiger partial charge is 0.243 e. The van der Waals surface area contributed by atoms with Crippen LogP contribution in [0.4, 0.5) is 0 Å². The Hall–Kier alpha value is -2.28. The van der Waals surface area contributed by atoms with Gasteiger partial charge in [-0.05, 0) is 23.5 Å². The summed E-state index contributed by atoms with van der Waals surface area (Å²) in [4.78, 5) is 13.2. The molecule has 0 spiro atoms. The van der Waals surface area contributed by atoms with Crippen LogP contribution in [-0.4, -0.2) is 44.4 Å². The number of nitrogens with one attached hydrogen (secondary N) is 1. The third-order valence-electron chi connectivity index (χ3n) is 3.55. The van der Waals surface area contributed by atoms with Gasteiger partial charge in [0.15, 0.2) is 0 Å². The minimum absolute atomic E-state index is 0.0449. The van der Waals surface area contributed by atoms with Crippen LogP contribution in [0.3, 0.4) is 0 Å². The Bertz CT molecular complexity index is 624. The predicted octanol–water partition coefficient (Wildman–Crippen LogP) is 1.25. The second-order valence-corrected chi connectivity index (χ2v) is 6.29. The van der Waals surface area contributed by atoms with Crippen LogP contribution in [0.25, 0.3) is 11.4 Å². The molecule has 1 heterocycles. The summed E-state index contributed by atoms with van der Waals surface area (Å²) in [6.07, 6.45) is 1.67. The van der Waals surface area contributed by atoms with Gasteiger partial charge in [0, 0.05) is 18.7 Å². The third-order valence-corrected chi connectivity index (χ3v) is 3.55. The summed E-state index contributed by atoms with van der Waals surface area (Å²) in [5.74, 6) is 0.354. The van der Waals surface area contributed by atoms with E-state index in [1.54, 1.807) is 0 Å². The van der Waals surface area contributed by atoms with E-state index in [4.69, 9.17) is 0 Å². The molecule has 2 aromatic rings. The highest BCUT2D eigenvalue weighted by molar-refractivity contribution is 5.75. The Morgan fingerprint density at radius 1 is 1.30 bits per heavy atom. The molecular weight excluding hydrogens is 294 g/mol. The fourth-order valence-corrected chi connectivity index (χ4v) is 2.07. The minimum atomic E-state index is -0.149. The molecule has 7 heteroatoms. The van der Waals surface area contributed by atoms with Gasteiger partial charge in [0.1, 0.15) is 6.54 Å². The van der Waals surface area contributed by atoms with Gasteiger partial charge in [-0.3, -0.25) is 4.79 Å². The lowest BCUT2D eigenvalue weighted by molar-refractivity contribution is -0.122. The Morgan fingerprint density at radius 3 is 2.74 bits per heavy atom. The molecule has 2 N–H and O–H groups in total. The molecule has 0 saturated heterocycles. The summed E-state index contributed by atoms with van der Waals surface area (Å²) in [5, 5.41) is 24.1. The Morgan fingerprint density at radius 2 is 2.04 bits per heavy atom. The molecule has 7 nitrogen and oxygen atoms in total. The minimum Gasteiger partial charge on any atom is -0.396 e. The SMILES string of the molecule is CC(C)(CO)CCCNC(=O)Cn1nnc(-c2ccccc2)n1. The first kappa shape index (κ1) is 17.1. The van der Waals surface area contributed by atoms with E-state index in [9.17, 15) is 9.90 Å². The maximum atomic E-state index is 11.9. The van der Waals surface area contributed by atoms with Gasteiger partial charge >= 0.3 is 0 Å². The number of carbonyl (C=O) groups excluding carboxylic acids is 1. The van der Waals surface area contributed by atoms with Gasteiger partial charge in [-0.15, -0.1) is 10.2 Å². The number of aliphatic hydroxyl groups excluding tert-OH is 1. The maximum absolute atomic E-state index is 11.9. The topological polar surface area (TPSA) is 92.9 Å². The molecule has 0 fully saturated rings. The molecule has 0 aliphatic carbocycles. The van der Waals surface area contributed by atoms with Gasteiger partial charge in [0.05, 0.1) is 0 Å². The predicted molar refractivity (Wildman–Crippen MR) is 86.4 cm³/mol. The fourth-order valence-electron chi connectivity index (χ4n) is 2.07. The number of aromatic nitrogens is 4. The largest absolute Gasteiger partial charge is 0.396 e. The Balaban J connectivity index is 1.77.